The molecule has 0 spiro atoms. The van der Waals surface area contributed by atoms with E-state index in [2.05, 4.69) is 86.6 Å². The van der Waals surface area contributed by atoms with E-state index in [0.717, 1.165) is 44.8 Å². The molecule has 5 nitrogen and oxygen atoms in total. The maximum atomic E-state index is 9.06. The zero-order valence-corrected chi connectivity index (χ0v) is 38.0. The molecule has 0 fully saturated rings. The Morgan fingerprint density at radius 2 is 1.33 bits per heavy atom. The first-order chi connectivity index (χ1) is 36.0. The second kappa shape index (κ2) is 16.5. The first kappa shape index (κ1) is 31.5. The van der Waals surface area contributed by atoms with Crippen LogP contribution >= 0.6 is 0 Å². The van der Waals surface area contributed by atoms with Gasteiger partial charge in [-0.05, 0) is 51.0 Å². The molecule has 0 atom stereocenters. The van der Waals surface area contributed by atoms with Crippen LogP contribution in [0.4, 0.5) is 17.1 Å². The zero-order valence-electron chi connectivity index (χ0n) is 45.8. The average molecular weight is 1040 g/mol. The SMILES string of the molecule is [2H]c1c([2H])c([2H])c(-c2cccc(-c3c([2H])c([2H])c([2H])c([2H])c3[2H])c2-[n+]2[c-]n(-c3[c-]c(Oc4[c-]c5c6c(c4)Oc4ccccc4B6c4ccccc4N5c4[c-]ccc(C(C)(C)C)c4)ccc3)c3ccccc32)c([2H])c1[2H].[Pt+4]. The van der Waals surface area contributed by atoms with Gasteiger partial charge in [-0.3, -0.25) is 4.57 Å². The van der Waals surface area contributed by atoms with E-state index in [-0.39, 0.29) is 61.1 Å². The second-order valence-corrected chi connectivity index (χ2v) is 16.9. The van der Waals surface area contributed by atoms with Crippen LogP contribution in [-0.2, 0) is 26.5 Å². The monoisotopic (exact) mass is 1040 g/mol. The molecule has 9 aromatic carbocycles. The van der Waals surface area contributed by atoms with Crippen LogP contribution < -0.4 is 35.3 Å². The number of para-hydroxylation sites is 5. The number of fused-ring (bicyclic) bond motifs is 5. The summed E-state index contributed by atoms with van der Waals surface area (Å²) in [6, 6.07) is 47.3. The molecule has 10 aromatic rings. The van der Waals surface area contributed by atoms with Gasteiger partial charge in [0.15, 0.2) is 6.71 Å². The number of ether oxygens (including phenoxy) is 2. The van der Waals surface area contributed by atoms with Crippen LogP contribution in [0.15, 0.2) is 194 Å². The Morgan fingerprint density at radius 1 is 0.652 bits per heavy atom. The molecule has 2 aliphatic rings. The Morgan fingerprint density at radius 3 is 2.09 bits per heavy atom. The molecule has 66 heavy (non-hydrogen) atoms. The predicted octanol–water partition coefficient (Wildman–Crippen LogP) is 11.9. The molecule has 1 aromatic heterocycles. The first-order valence-corrected chi connectivity index (χ1v) is 21.2. The summed E-state index contributed by atoms with van der Waals surface area (Å²) in [5.74, 6) is 2.04. The van der Waals surface area contributed by atoms with Gasteiger partial charge in [-0.1, -0.05) is 183 Å². The molecule has 316 valence electrons. The average Bonchev–Trinajstić information content (AvgIpc) is 3.80. The molecular formula is C59H41BN3O2Pt+. The molecule has 0 aliphatic carbocycles. The van der Waals surface area contributed by atoms with Crippen molar-refractivity contribution >= 4 is 51.2 Å². The molecule has 0 amide bonds. The van der Waals surface area contributed by atoms with E-state index in [4.69, 9.17) is 23.2 Å². The minimum absolute atomic E-state index is 0. The Balaban J connectivity index is 0.00000616. The maximum Gasteiger partial charge on any atom is 4.00 e. The van der Waals surface area contributed by atoms with Crippen molar-refractivity contribution in [3.8, 4) is 56.6 Å². The largest absolute Gasteiger partial charge is 4.00 e. The molecular weight excluding hydrogens is 989 g/mol. The number of benzene rings is 9. The molecule has 7 heteroatoms. The number of hydrogen-bond acceptors (Lipinski definition) is 3. The summed E-state index contributed by atoms with van der Waals surface area (Å²) in [6.07, 6.45) is 3.42. The Labute approximate surface area is 414 Å². The van der Waals surface area contributed by atoms with Gasteiger partial charge < -0.3 is 18.9 Å². The van der Waals surface area contributed by atoms with E-state index in [1.807, 2.05) is 66.7 Å². The first-order valence-electron chi connectivity index (χ1n) is 26.2. The van der Waals surface area contributed by atoms with Gasteiger partial charge >= 0.3 is 21.1 Å². The van der Waals surface area contributed by atoms with Crippen LogP contribution in [0.2, 0.25) is 0 Å². The van der Waals surface area contributed by atoms with Crippen molar-refractivity contribution in [3.05, 3.63) is 224 Å². The Bertz CT molecular complexity index is 3920. The van der Waals surface area contributed by atoms with Gasteiger partial charge in [-0.2, -0.15) is 35.9 Å². The van der Waals surface area contributed by atoms with Gasteiger partial charge in [-0.25, -0.2) is 0 Å². The number of anilines is 3. The summed E-state index contributed by atoms with van der Waals surface area (Å²) in [7, 11) is 0. The molecule has 0 radical (unpaired) electrons. The summed E-state index contributed by atoms with van der Waals surface area (Å²) in [5.41, 5.74) is 8.39. The van der Waals surface area contributed by atoms with Crippen molar-refractivity contribution in [1.29, 1.82) is 0 Å². The van der Waals surface area contributed by atoms with E-state index in [1.54, 1.807) is 39.5 Å². The summed E-state index contributed by atoms with van der Waals surface area (Å²) >= 11 is 0. The number of nitrogens with zero attached hydrogens (tertiary/aromatic N) is 3. The van der Waals surface area contributed by atoms with Crippen LogP contribution in [0.25, 0.3) is 44.7 Å². The van der Waals surface area contributed by atoms with Crippen molar-refractivity contribution in [2.75, 3.05) is 4.90 Å². The van der Waals surface area contributed by atoms with Gasteiger partial charge in [0.2, 0.25) is 0 Å². The quantitative estimate of drug-likeness (QED) is 0.0905. The van der Waals surface area contributed by atoms with Crippen molar-refractivity contribution in [2.45, 2.75) is 26.2 Å². The summed E-state index contributed by atoms with van der Waals surface area (Å²) in [5, 5.41) is 0. The van der Waals surface area contributed by atoms with Crippen molar-refractivity contribution in [1.82, 2.24) is 4.57 Å². The molecule has 3 heterocycles. The Kier molecular flexibility index (Phi) is 7.89. The molecule has 12 rings (SSSR count). The summed E-state index contributed by atoms with van der Waals surface area (Å²) < 4.78 is 104. The fourth-order valence-electron chi connectivity index (χ4n) is 9.00. The van der Waals surface area contributed by atoms with Gasteiger partial charge in [-0.15, -0.1) is 29.7 Å². The van der Waals surface area contributed by atoms with Crippen molar-refractivity contribution in [2.24, 2.45) is 0 Å². The second-order valence-electron chi connectivity index (χ2n) is 16.9. The van der Waals surface area contributed by atoms with Crippen LogP contribution in [0.1, 0.15) is 40.0 Å². The maximum absolute atomic E-state index is 9.06. The van der Waals surface area contributed by atoms with Crippen LogP contribution in [0.5, 0.6) is 23.0 Å². The van der Waals surface area contributed by atoms with E-state index >= 15 is 0 Å². The van der Waals surface area contributed by atoms with Gasteiger partial charge in [0.05, 0.1) is 30.4 Å². The summed E-state index contributed by atoms with van der Waals surface area (Å²) in [6.45, 7) is 6.39. The molecule has 0 saturated carbocycles. The van der Waals surface area contributed by atoms with E-state index in [1.165, 1.54) is 0 Å². The minimum Gasteiger partial charge on any atom is -0.510 e. The third-order valence-electron chi connectivity index (χ3n) is 11.9. The number of imidazole rings is 1. The minimum atomic E-state index is -0.577. The molecule has 0 bridgehead atoms. The zero-order chi connectivity index (χ0) is 52.4. The van der Waals surface area contributed by atoms with Crippen molar-refractivity contribution < 1.29 is 48.8 Å². The third kappa shape index (κ3) is 7.05. The fraction of sp³-hybridized carbons (Fsp3) is 0.0678. The van der Waals surface area contributed by atoms with Crippen LogP contribution in [0.3, 0.4) is 0 Å². The van der Waals surface area contributed by atoms with Crippen molar-refractivity contribution in [3.63, 3.8) is 0 Å². The van der Waals surface area contributed by atoms with Crippen LogP contribution in [-0.4, -0.2) is 11.3 Å². The third-order valence-corrected chi connectivity index (χ3v) is 11.9. The normalized spacial score (nSPS) is 14.5. The van der Waals surface area contributed by atoms with Gasteiger partial charge in [0.1, 0.15) is 5.75 Å². The number of rotatable bonds is 7. The molecule has 0 unspecified atom stereocenters. The molecule has 2 aliphatic heterocycles. The van der Waals surface area contributed by atoms with E-state index < -0.39 is 60.4 Å². The smallest absolute Gasteiger partial charge is 0.510 e. The van der Waals surface area contributed by atoms with Gasteiger partial charge in [0, 0.05) is 22.9 Å². The topological polar surface area (TPSA) is 30.5 Å². The number of aromatic nitrogens is 2. The fourth-order valence-corrected chi connectivity index (χ4v) is 9.00. The van der Waals surface area contributed by atoms with E-state index in [9.17, 15) is 0 Å². The van der Waals surface area contributed by atoms with Crippen LogP contribution in [0, 0.1) is 24.5 Å². The molecule has 0 N–H and O–H groups in total. The number of hydrogen-bond donors (Lipinski definition) is 0. The van der Waals surface area contributed by atoms with E-state index in [0.29, 0.717) is 34.0 Å². The predicted molar refractivity (Wildman–Crippen MR) is 262 cm³/mol. The molecule has 0 saturated heterocycles. The van der Waals surface area contributed by atoms with Gasteiger partial charge in [0.25, 0.3) is 6.33 Å². The Hall–Kier alpha value is -7.40. The summed E-state index contributed by atoms with van der Waals surface area (Å²) in [4.78, 5) is 2.17. The standard InChI is InChI=1S/C59H41BN3O2.Pt/c1-59(2,3)42-23-16-25-44(35-42)63-51-31-12-10-29-49(51)60-50-30-11-15-34-55(50)65-56-38-46(37-54(63)57(56)60)64-45-26-17-24-43(36-45)61-39-62(53-33-14-13-32-52(53)61)58-47(40-19-6-4-7-20-40)27-18-28-48(58)41-21-8-5-9-22-41;/h4-24,26-35,38H,1-3H3;/q-3;+4/i4D,5D,6D,7D,8D,9D,19D,20D,21D,22D;.